The molecule has 4 nitrogen and oxygen atoms in total. The Labute approximate surface area is 160 Å². The molecule has 6 heteroatoms. The van der Waals surface area contributed by atoms with Gasteiger partial charge < -0.3 is 0 Å². The number of hydrazone groups is 1. The van der Waals surface area contributed by atoms with Gasteiger partial charge in [-0.1, -0.05) is 35.9 Å². The Bertz CT molecular complexity index is 1110. The summed E-state index contributed by atoms with van der Waals surface area (Å²) in [6.07, 6.45) is 1.61. The minimum absolute atomic E-state index is 0.283. The Morgan fingerprint density at radius 3 is 2.41 bits per heavy atom. The number of benzene rings is 3. The van der Waals surface area contributed by atoms with Crippen LogP contribution in [0, 0.1) is 5.82 Å². The van der Waals surface area contributed by atoms with Crippen molar-refractivity contribution < 1.29 is 4.39 Å². The molecule has 27 heavy (non-hydrogen) atoms. The monoisotopic (exact) mass is 376 g/mol. The van der Waals surface area contributed by atoms with Gasteiger partial charge in [-0.25, -0.2) is 14.4 Å². The first-order chi connectivity index (χ1) is 13.2. The molecule has 1 aromatic heterocycles. The van der Waals surface area contributed by atoms with Crippen LogP contribution in [0.2, 0.25) is 5.02 Å². The van der Waals surface area contributed by atoms with E-state index in [0.717, 1.165) is 22.0 Å². The first-order valence-corrected chi connectivity index (χ1v) is 8.64. The first-order valence-electron chi connectivity index (χ1n) is 8.26. The largest absolute Gasteiger partial charge is 0.261 e. The fourth-order valence-corrected chi connectivity index (χ4v) is 2.73. The maximum Gasteiger partial charge on any atom is 0.162 e. The van der Waals surface area contributed by atoms with Crippen molar-refractivity contribution in [3.8, 4) is 11.4 Å². The molecule has 0 bridgehead atoms. The number of nitrogens with one attached hydrogen (secondary N) is 1. The normalized spacial score (nSPS) is 11.2. The van der Waals surface area contributed by atoms with E-state index in [4.69, 9.17) is 11.6 Å². The van der Waals surface area contributed by atoms with Gasteiger partial charge in [-0.05, 0) is 54.1 Å². The average Bonchev–Trinajstić information content (AvgIpc) is 2.70. The lowest BCUT2D eigenvalue weighted by Crippen LogP contribution is -1.99. The molecule has 0 fully saturated rings. The summed E-state index contributed by atoms with van der Waals surface area (Å²) in [4.78, 5) is 9.23. The van der Waals surface area contributed by atoms with Crippen LogP contribution in [0.3, 0.4) is 0 Å². The number of fused-ring (bicyclic) bond motifs is 1. The summed E-state index contributed by atoms with van der Waals surface area (Å²) >= 11 is 5.97. The fraction of sp³-hybridized carbons (Fsp3) is 0. The van der Waals surface area contributed by atoms with E-state index in [2.05, 4.69) is 20.5 Å². The Morgan fingerprint density at radius 1 is 0.889 bits per heavy atom. The van der Waals surface area contributed by atoms with Crippen molar-refractivity contribution in [1.82, 2.24) is 9.97 Å². The predicted octanol–water partition coefficient (Wildman–Crippen LogP) is 5.54. The highest BCUT2D eigenvalue weighted by molar-refractivity contribution is 6.30. The van der Waals surface area contributed by atoms with Gasteiger partial charge in [0.1, 0.15) is 5.82 Å². The van der Waals surface area contributed by atoms with Crippen LogP contribution in [0.5, 0.6) is 0 Å². The highest BCUT2D eigenvalue weighted by Gasteiger charge is 2.09. The van der Waals surface area contributed by atoms with Gasteiger partial charge in [0.2, 0.25) is 0 Å². The number of anilines is 1. The predicted molar refractivity (Wildman–Crippen MR) is 108 cm³/mol. The summed E-state index contributed by atoms with van der Waals surface area (Å²) in [5, 5.41) is 5.74. The summed E-state index contributed by atoms with van der Waals surface area (Å²) in [6, 6.07) is 21.1. The van der Waals surface area contributed by atoms with Crippen molar-refractivity contribution in [1.29, 1.82) is 0 Å². The second-order valence-electron chi connectivity index (χ2n) is 5.84. The molecule has 1 heterocycles. The molecule has 4 rings (SSSR count). The topological polar surface area (TPSA) is 50.2 Å². The van der Waals surface area contributed by atoms with Crippen LogP contribution in [0.15, 0.2) is 77.9 Å². The van der Waals surface area contributed by atoms with Crippen molar-refractivity contribution in [2.45, 2.75) is 0 Å². The summed E-state index contributed by atoms with van der Waals surface area (Å²) in [7, 11) is 0. The van der Waals surface area contributed by atoms with Gasteiger partial charge in [0, 0.05) is 16.0 Å². The van der Waals surface area contributed by atoms with Crippen LogP contribution >= 0.6 is 11.6 Å². The van der Waals surface area contributed by atoms with Crippen molar-refractivity contribution in [2.75, 3.05) is 5.43 Å². The van der Waals surface area contributed by atoms with E-state index in [0.29, 0.717) is 16.7 Å². The standard InChI is InChI=1S/C21H14ClFN4/c22-16-9-7-15(8-10-16)20-25-19-4-2-1-3-18(19)21(26-20)27-24-13-14-5-11-17(23)12-6-14/h1-13H,(H,25,26,27). The number of hydrogen-bond donors (Lipinski definition) is 1. The van der Waals surface area contributed by atoms with Gasteiger partial charge >= 0.3 is 0 Å². The molecule has 4 aromatic rings. The minimum atomic E-state index is -0.283. The van der Waals surface area contributed by atoms with Crippen LogP contribution < -0.4 is 5.43 Å². The second kappa shape index (κ2) is 7.51. The molecule has 132 valence electrons. The van der Waals surface area contributed by atoms with Gasteiger partial charge in [-0.2, -0.15) is 5.10 Å². The van der Waals surface area contributed by atoms with E-state index in [1.54, 1.807) is 30.5 Å². The van der Waals surface area contributed by atoms with E-state index < -0.39 is 0 Å². The molecule has 0 saturated heterocycles. The lowest BCUT2D eigenvalue weighted by atomic mass is 10.2. The zero-order chi connectivity index (χ0) is 18.6. The minimum Gasteiger partial charge on any atom is -0.261 e. The van der Waals surface area contributed by atoms with Gasteiger partial charge in [-0.3, -0.25) is 5.43 Å². The molecule has 0 radical (unpaired) electrons. The maximum absolute atomic E-state index is 13.0. The Balaban J connectivity index is 1.70. The number of rotatable bonds is 4. The highest BCUT2D eigenvalue weighted by Crippen LogP contribution is 2.25. The fourth-order valence-electron chi connectivity index (χ4n) is 2.61. The van der Waals surface area contributed by atoms with Crippen LogP contribution in [0.25, 0.3) is 22.3 Å². The van der Waals surface area contributed by atoms with Crippen LogP contribution in [0.4, 0.5) is 10.2 Å². The molecule has 1 N–H and O–H groups in total. The molecule has 0 aliphatic heterocycles. The smallest absolute Gasteiger partial charge is 0.162 e. The average molecular weight is 377 g/mol. The SMILES string of the molecule is Fc1ccc(C=NNc2nc(-c3ccc(Cl)cc3)nc3ccccc23)cc1. The molecular weight excluding hydrogens is 363 g/mol. The van der Waals surface area contributed by atoms with E-state index in [-0.39, 0.29) is 5.82 Å². The maximum atomic E-state index is 13.0. The van der Waals surface area contributed by atoms with Crippen molar-refractivity contribution in [2.24, 2.45) is 5.10 Å². The van der Waals surface area contributed by atoms with Crippen LogP contribution in [-0.2, 0) is 0 Å². The Kier molecular flexibility index (Phi) is 4.77. The van der Waals surface area contributed by atoms with Gasteiger partial charge in [0.25, 0.3) is 0 Å². The molecular formula is C21H14ClFN4. The number of halogens is 2. The summed E-state index contributed by atoms with van der Waals surface area (Å²) in [5.41, 5.74) is 5.41. The molecule has 0 spiro atoms. The number of nitrogens with zero attached hydrogens (tertiary/aromatic N) is 3. The molecule has 0 aliphatic rings. The third kappa shape index (κ3) is 3.93. The number of aromatic nitrogens is 2. The van der Waals surface area contributed by atoms with E-state index in [1.807, 2.05) is 36.4 Å². The van der Waals surface area contributed by atoms with E-state index >= 15 is 0 Å². The van der Waals surface area contributed by atoms with Crippen LogP contribution in [0.1, 0.15) is 5.56 Å². The zero-order valence-electron chi connectivity index (χ0n) is 14.1. The lowest BCUT2D eigenvalue weighted by Gasteiger charge is -2.08. The number of para-hydroxylation sites is 1. The second-order valence-corrected chi connectivity index (χ2v) is 6.28. The third-order valence-corrected chi connectivity index (χ3v) is 4.21. The Morgan fingerprint density at radius 2 is 1.63 bits per heavy atom. The lowest BCUT2D eigenvalue weighted by molar-refractivity contribution is 0.628. The van der Waals surface area contributed by atoms with Crippen LogP contribution in [-0.4, -0.2) is 16.2 Å². The Hall–Kier alpha value is -3.31. The molecule has 0 unspecified atom stereocenters. The highest BCUT2D eigenvalue weighted by atomic mass is 35.5. The van der Waals surface area contributed by atoms with E-state index in [1.165, 1.54) is 12.1 Å². The third-order valence-electron chi connectivity index (χ3n) is 3.96. The van der Waals surface area contributed by atoms with E-state index in [9.17, 15) is 4.39 Å². The summed E-state index contributed by atoms with van der Waals surface area (Å²) in [6.45, 7) is 0. The molecule has 0 amide bonds. The summed E-state index contributed by atoms with van der Waals surface area (Å²) in [5.74, 6) is 0.878. The molecule has 0 atom stereocenters. The van der Waals surface area contributed by atoms with Crippen molar-refractivity contribution >= 4 is 34.5 Å². The molecule has 3 aromatic carbocycles. The van der Waals surface area contributed by atoms with Crippen molar-refractivity contribution in [3.63, 3.8) is 0 Å². The van der Waals surface area contributed by atoms with Gasteiger partial charge in [0.05, 0.1) is 11.7 Å². The van der Waals surface area contributed by atoms with Gasteiger partial charge in [0.15, 0.2) is 11.6 Å². The first kappa shape index (κ1) is 17.1. The van der Waals surface area contributed by atoms with Crippen molar-refractivity contribution in [3.05, 3.63) is 89.2 Å². The van der Waals surface area contributed by atoms with Gasteiger partial charge in [-0.15, -0.1) is 0 Å². The molecule has 0 saturated carbocycles. The quantitative estimate of drug-likeness (QED) is 0.376. The molecule has 0 aliphatic carbocycles. The zero-order valence-corrected chi connectivity index (χ0v) is 14.9. The summed E-state index contributed by atoms with van der Waals surface area (Å²) < 4.78 is 13.0. The number of hydrogen-bond acceptors (Lipinski definition) is 4.